The van der Waals surface area contributed by atoms with Crippen molar-refractivity contribution in [3.63, 3.8) is 0 Å². The molecule has 9 nitrogen and oxygen atoms in total. The first-order valence-electron chi connectivity index (χ1n) is 10.8. The molecule has 0 bridgehead atoms. The number of amides is 2. The van der Waals surface area contributed by atoms with E-state index in [1.807, 2.05) is 5.32 Å². The Bertz CT molecular complexity index is 985. The molecular weight excluding hydrogens is 476 g/mol. The standard InChI is InChI=1S/C22H26F4N4O5/c1-3-28(6-7-29(33-2)12-15-5-4-8-34-15)19-17(23)9-14(10-18(19)24)30-13-16(35-22(30)32)11-27-21(31)20(25)26/h4-5,8-10,16,20H,3,6-7,11-13H2,1-2H3,(H,27,31)/t16-/m0/s1. The highest BCUT2D eigenvalue weighted by Crippen LogP contribution is 2.31. The molecule has 0 unspecified atom stereocenters. The quantitative estimate of drug-likeness (QED) is 0.353. The molecule has 1 aromatic heterocycles. The second kappa shape index (κ2) is 11.9. The number of alkyl halides is 2. The van der Waals surface area contributed by atoms with Gasteiger partial charge in [0, 0.05) is 31.8 Å². The SMILES string of the molecule is CCN(CCN(Cc1ccco1)OC)c1c(F)cc(N2C[C@H](CNC(=O)C(F)F)OC2=O)cc1F. The molecule has 1 saturated heterocycles. The highest BCUT2D eigenvalue weighted by atomic mass is 19.3. The number of cyclic esters (lactones) is 1. The maximum absolute atomic E-state index is 15.0. The topological polar surface area (TPSA) is 87.5 Å². The van der Waals surface area contributed by atoms with E-state index < -0.39 is 36.2 Å². The summed E-state index contributed by atoms with van der Waals surface area (Å²) in [5.41, 5.74) is -0.359. The summed E-state index contributed by atoms with van der Waals surface area (Å²) in [6.07, 6.45) is -3.53. The summed E-state index contributed by atoms with van der Waals surface area (Å²) in [5, 5.41) is 3.53. The molecule has 2 heterocycles. The van der Waals surface area contributed by atoms with Crippen molar-refractivity contribution < 1.29 is 41.1 Å². The summed E-state index contributed by atoms with van der Waals surface area (Å²) in [7, 11) is 1.48. The molecule has 35 heavy (non-hydrogen) atoms. The number of hydrogen-bond donors (Lipinski definition) is 1. The predicted octanol–water partition coefficient (Wildman–Crippen LogP) is 3.15. The number of hydrogen-bond acceptors (Lipinski definition) is 7. The third kappa shape index (κ3) is 6.63. The Hall–Kier alpha value is -3.32. The number of nitrogens with one attached hydrogen (secondary N) is 1. The van der Waals surface area contributed by atoms with Crippen molar-refractivity contribution >= 4 is 23.4 Å². The number of nitrogens with zero attached hydrogens (tertiary/aromatic N) is 3. The molecule has 192 valence electrons. The number of halogens is 4. The van der Waals surface area contributed by atoms with Crippen LogP contribution in [-0.2, 0) is 20.9 Å². The van der Waals surface area contributed by atoms with Gasteiger partial charge in [-0.25, -0.2) is 13.6 Å². The summed E-state index contributed by atoms with van der Waals surface area (Å²) in [6.45, 7) is 2.41. The minimum atomic E-state index is -3.21. The lowest BCUT2D eigenvalue weighted by Crippen LogP contribution is -2.37. The van der Waals surface area contributed by atoms with Crippen molar-refractivity contribution in [1.82, 2.24) is 10.4 Å². The zero-order valence-electron chi connectivity index (χ0n) is 19.2. The van der Waals surface area contributed by atoms with Gasteiger partial charge in [0.15, 0.2) is 11.6 Å². The molecule has 1 aliphatic heterocycles. The Kier molecular flexibility index (Phi) is 8.93. The molecule has 2 amide bonds. The summed E-state index contributed by atoms with van der Waals surface area (Å²) in [4.78, 5) is 30.9. The van der Waals surface area contributed by atoms with Gasteiger partial charge in [-0.2, -0.15) is 13.8 Å². The third-order valence-electron chi connectivity index (χ3n) is 5.38. The van der Waals surface area contributed by atoms with Crippen LogP contribution < -0.4 is 15.1 Å². The van der Waals surface area contributed by atoms with Gasteiger partial charge in [-0.15, -0.1) is 0 Å². The summed E-state index contributed by atoms with van der Waals surface area (Å²) in [5.74, 6) is -2.61. The second-order valence-electron chi connectivity index (χ2n) is 7.63. The molecule has 13 heteroatoms. The molecule has 1 fully saturated rings. The number of carbonyl (C=O) groups is 2. The van der Waals surface area contributed by atoms with Crippen molar-refractivity contribution in [2.24, 2.45) is 0 Å². The van der Waals surface area contributed by atoms with Gasteiger partial charge in [0.05, 0.1) is 38.7 Å². The van der Waals surface area contributed by atoms with Crippen molar-refractivity contribution in [3.05, 3.63) is 47.9 Å². The Balaban J connectivity index is 1.66. The Morgan fingerprint density at radius 2 is 2.00 bits per heavy atom. The van der Waals surface area contributed by atoms with Crippen LogP contribution in [0.4, 0.5) is 33.7 Å². The largest absolute Gasteiger partial charge is 0.468 e. The highest BCUT2D eigenvalue weighted by molar-refractivity contribution is 5.90. The number of likely N-dealkylation sites (N-methyl/N-ethyl adjacent to an activating group) is 1. The average Bonchev–Trinajstić information content (AvgIpc) is 3.47. The van der Waals surface area contributed by atoms with Gasteiger partial charge in [-0.1, -0.05) is 0 Å². The van der Waals surface area contributed by atoms with E-state index >= 15 is 8.78 Å². The lowest BCUT2D eigenvalue weighted by atomic mass is 10.2. The molecule has 1 atom stereocenters. The minimum Gasteiger partial charge on any atom is -0.468 e. The van der Waals surface area contributed by atoms with Gasteiger partial charge < -0.3 is 24.2 Å². The fraction of sp³-hybridized carbons (Fsp3) is 0.455. The van der Waals surface area contributed by atoms with E-state index in [-0.39, 0.29) is 31.0 Å². The first-order valence-corrected chi connectivity index (χ1v) is 10.8. The number of ether oxygens (including phenoxy) is 1. The van der Waals surface area contributed by atoms with E-state index in [0.29, 0.717) is 25.4 Å². The van der Waals surface area contributed by atoms with Crippen LogP contribution in [0.1, 0.15) is 12.7 Å². The van der Waals surface area contributed by atoms with Crippen molar-refractivity contribution in [1.29, 1.82) is 0 Å². The third-order valence-corrected chi connectivity index (χ3v) is 5.38. The smallest absolute Gasteiger partial charge is 0.414 e. The van der Waals surface area contributed by atoms with Crippen LogP contribution in [0.15, 0.2) is 34.9 Å². The van der Waals surface area contributed by atoms with Crippen LogP contribution in [0, 0.1) is 11.6 Å². The number of rotatable bonds is 12. The summed E-state index contributed by atoms with van der Waals surface area (Å²) in [6, 6.07) is 5.52. The number of carbonyl (C=O) groups excluding carboxylic acids is 2. The molecule has 0 aliphatic carbocycles. The maximum Gasteiger partial charge on any atom is 0.414 e. The maximum atomic E-state index is 15.0. The van der Waals surface area contributed by atoms with Crippen molar-refractivity contribution in [3.8, 4) is 0 Å². The monoisotopic (exact) mass is 502 g/mol. The minimum absolute atomic E-state index is 0.0937. The van der Waals surface area contributed by atoms with E-state index in [4.69, 9.17) is 14.0 Å². The molecule has 3 rings (SSSR count). The lowest BCUT2D eigenvalue weighted by molar-refractivity contribution is -0.139. The zero-order chi connectivity index (χ0) is 25.5. The Labute approximate surface area is 199 Å². The highest BCUT2D eigenvalue weighted by Gasteiger charge is 2.34. The van der Waals surface area contributed by atoms with Crippen LogP contribution in [0.3, 0.4) is 0 Å². The van der Waals surface area contributed by atoms with Gasteiger partial charge in [0.2, 0.25) is 0 Å². The molecular formula is C22H26F4N4O5. The van der Waals surface area contributed by atoms with E-state index in [0.717, 1.165) is 17.0 Å². The second-order valence-corrected chi connectivity index (χ2v) is 7.63. The van der Waals surface area contributed by atoms with E-state index in [1.54, 1.807) is 24.1 Å². The van der Waals surface area contributed by atoms with Crippen LogP contribution in [0.25, 0.3) is 0 Å². The van der Waals surface area contributed by atoms with Gasteiger partial charge in [0.25, 0.3) is 5.91 Å². The van der Waals surface area contributed by atoms with E-state index in [9.17, 15) is 18.4 Å². The van der Waals surface area contributed by atoms with Crippen molar-refractivity contribution in [2.75, 3.05) is 49.6 Å². The Morgan fingerprint density at radius 1 is 1.29 bits per heavy atom. The van der Waals surface area contributed by atoms with Gasteiger partial charge in [-0.05, 0) is 19.1 Å². The molecule has 1 aromatic carbocycles. The average molecular weight is 502 g/mol. The predicted molar refractivity (Wildman–Crippen MR) is 117 cm³/mol. The molecule has 0 spiro atoms. The van der Waals surface area contributed by atoms with E-state index in [1.165, 1.54) is 18.3 Å². The number of anilines is 2. The normalized spacial score (nSPS) is 15.7. The molecule has 0 saturated carbocycles. The fourth-order valence-corrected chi connectivity index (χ4v) is 3.61. The first kappa shape index (κ1) is 26.3. The zero-order valence-corrected chi connectivity index (χ0v) is 19.2. The Morgan fingerprint density at radius 3 is 2.57 bits per heavy atom. The lowest BCUT2D eigenvalue weighted by Gasteiger charge is -2.28. The number of furan rings is 1. The van der Waals surface area contributed by atoms with Crippen LogP contribution in [0.2, 0.25) is 0 Å². The molecule has 1 N–H and O–H groups in total. The van der Waals surface area contributed by atoms with Gasteiger partial charge in [0.1, 0.15) is 17.6 Å². The molecule has 1 aliphatic rings. The van der Waals surface area contributed by atoms with Gasteiger partial charge in [-0.3, -0.25) is 9.69 Å². The number of benzene rings is 1. The first-order chi connectivity index (χ1) is 16.7. The van der Waals surface area contributed by atoms with Crippen LogP contribution in [-0.4, -0.2) is 69.4 Å². The van der Waals surface area contributed by atoms with Crippen molar-refractivity contribution in [2.45, 2.75) is 26.0 Å². The van der Waals surface area contributed by atoms with Crippen LogP contribution >= 0.6 is 0 Å². The summed E-state index contributed by atoms with van der Waals surface area (Å²) < 4.78 is 65.0. The summed E-state index contributed by atoms with van der Waals surface area (Å²) >= 11 is 0. The fourth-order valence-electron chi connectivity index (χ4n) is 3.61. The number of hydroxylamine groups is 2. The van der Waals surface area contributed by atoms with Crippen LogP contribution in [0.5, 0.6) is 0 Å². The molecule has 2 aromatic rings. The molecule has 0 radical (unpaired) electrons. The van der Waals surface area contributed by atoms with E-state index in [2.05, 4.69) is 0 Å². The van der Waals surface area contributed by atoms with Gasteiger partial charge >= 0.3 is 12.5 Å².